The second-order valence-corrected chi connectivity index (χ2v) is 9.16. The van der Waals surface area contributed by atoms with Crippen LogP contribution in [0.15, 0.2) is 42.5 Å². The number of sulfonamides is 1. The SMILES string of the molecule is CC(C)[C@@H](NC(=O)c1cccc(NS(C)(=O)=O)c1)c1ccc2c(c1)OCCCO2. The van der Waals surface area contributed by atoms with Crippen molar-refractivity contribution in [1.29, 1.82) is 0 Å². The van der Waals surface area contributed by atoms with Crippen molar-refractivity contribution in [2.24, 2.45) is 5.92 Å². The van der Waals surface area contributed by atoms with Gasteiger partial charge in [-0.25, -0.2) is 8.42 Å². The van der Waals surface area contributed by atoms with Crippen LogP contribution in [-0.4, -0.2) is 33.8 Å². The number of carbonyl (C=O) groups excluding carboxylic acids is 1. The lowest BCUT2D eigenvalue weighted by atomic mass is 9.95. The van der Waals surface area contributed by atoms with E-state index in [1.807, 2.05) is 32.0 Å². The molecule has 0 bridgehead atoms. The first-order chi connectivity index (χ1) is 13.7. The number of hydrogen-bond donors (Lipinski definition) is 2. The zero-order valence-corrected chi connectivity index (χ0v) is 17.6. The molecule has 156 valence electrons. The minimum Gasteiger partial charge on any atom is -0.490 e. The molecule has 0 saturated heterocycles. The van der Waals surface area contributed by atoms with E-state index in [4.69, 9.17) is 9.47 Å². The molecule has 0 spiro atoms. The van der Waals surface area contributed by atoms with Gasteiger partial charge in [-0.2, -0.15) is 0 Å². The molecular formula is C21H26N2O5S. The summed E-state index contributed by atoms with van der Waals surface area (Å²) >= 11 is 0. The topological polar surface area (TPSA) is 93.7 Å². The molecule has 1 atom stereocenters. The number of nitrogens with one attached hydrogen (secondary N) is 2. The molecular weight excluding hydrogens is 392 g/mol. The third kappa shape index (κ3) is 5.63. The van der Waals surface area contributed by atoms with Crippen molar-refractivity contribution in [3.8, 4) is 11.5 Å². The highest BCUT2D eigenvalue weighted by Crippen LogP contribution is 2.34. The number of rotatable bonds is 6. The van der Waals surface area contributed by atoms with Gasteiger partial charge in [-0.3, -0.25) is 9.52 Å². The van der Waals surface area contributed by atoms with Gasteiger partial charge in [-0.15, -0.1) is 0 Å². The van der Waals surface area contributed by atoms with Crippen LogP contribution in [0.5, 0.6) is 11.5 Å². The molecule has 1 aliphatic rings. The van der Waals surface area contributed by atoms with Crippen LogP contribution < -0.4 is 19.5 Å². The van der Waals surface area contributed by atoms with Gasteiger partial charge in [0.25, 0.3) is 5.91 Å². The number of benzene rings is 2. The average molecular weight is 419 g/mol. The van der Waals surface area contributed by atoms with Gasteiger partial charge in [-0.1, -0.05) is 26.0 Å². The van der Waals surface area contributed by atoms with Crippen molar-refractivity contribution in [1.82, 2.24) is 5.32 Å². The number of anilines is 1. The summed E-state index contributed by atoms with van der Waals surface area (Å²) in [7, 11) is -3.42. The second kappa shape index (κ2) is 8.73. The van der Waals surface area contributed by atoms with Crippen LogP contribution in [0.3, 0.4) is 0 Å². The molecule has 1 heterocycles. The molecule has 1 amide bonds. The first-order valence-corrected chi connectivity index (χ1v) is 11.4. The van der Waals surface area contributed by atoms with E-state index in [0.29, 0.717) is 36.0 Å². The molecule has 0 fully saturated rings. The Balaban J connectivity index is 1.82. The molecule has 0 aliphatic carbocycles. The predicted octanol–water partition coefficient (Wildman–Crippen LogP) is 3.35. The Labute approximate surface area is 171 Å². The third-order valence-corrected chi connectivity index (χ3v) is 5.12. The molecule has 29 heavy (non-hydrogen) atoms. The largest absolute Gasteiger partial charge is 0.490 e. The summed E-state index contributed by atoms with van der Waals surface area (Å²) in [6.45, 7) is 5.26. The summed E-state index contributed by atoms with van der Waals surface area (Å²) in [5.41, 5.74) is 1.64. The van der Waals surface area contributed by atoms with Gasteiger partial charge in [0.1, 0.15) is 0 Å². The maximum absolute atomic E-state index is 12.9. The molecule has 0 aromatic heterocycles. The molecule has 7 nitrogen and oxygen atoms in total. The van der Waals surface area contributed by atoms with Crippen LogP contribution >= 0.6 is 0 Å². The van der Waals surface area contributed by atoms with E-state index in [9.17, 15) is 13.2 Å². The van der Waals surface area contributed by atoms with Crippen LogP contribution in [0, 0.1) is 5.92 Å². The van der Waals surface area contributed by atoms with Crippen molar-refractivity contribution >= 4 is 21.6 Å². The van der Waals surface area contributed by atoms with Crippen LogP contribution in [-0.2, 0) is 10.0 Å². The molecule has 8 heteroatoms. The van der Waals surface area contributed by atoms with Gasteiger partial charge < -0.3 is 14.8 Å². The van der Waals surface area contributed by atoms with Gasteiger partial charge in [0, 0.05) is 17.7 Å². The Bertz CT molecular complexity index is 988. The summed E-state index contributed by atoms with van der Waals surface area (Å²) in [4.78, 5) is 12.9. The summed E-state index contributed by atoms with van der Waals surface area (Å²) < 4.78 is 36.7. The average Bonchev–Trinajstić information content (AvgIpc) is 2.89. The van der Waals surface area contributed by atoms with Crippen molar-refractivity contribution in [3.05, 3.63) is 53.6 Å². The van der Waals surface area contributed by atoms with Gasteiger partial charge in [0.2, 0.25) is 10.0 Å². The van der Waals surface area contributed by atoms with Gasteiger partial charge in [0.05, 0.1) is 25.5 Å². The highest BCUT2D eigenvalue weighted by molar-refractivity contribution is 7.92. The molecule has 0 saturated carbocycles. The number of hydrogen-bond acceptors (Lipinski definition) is 5. The highest BCUT2D eigenvalue weighted by Gasteiger charge is 2.22. The lowest BCUT2D eigenvalue weighted by Crippen LogP contribution is -2.31. The lowest BCUT2D eigenvalue weighted by Gasteiger charge is -2.24. The number of fused-ring (bicyclic) bond motifs is 1. The molecule has 3 rings (SSSR count). The summed E-state index contributed by atoms with van der Waals surface area (Å²) in [5, 5.41) is 3.05. The molecule has 1 aliphatic heterocycles. The monoisotopic (exact) mass is 418 g/mol. The van der Waals surface area contributed by atoms with E-state index in [-0.39, 0.29) is 17.9 Å². The number of carbonyl (C=O) groups is 1. The minimum absolute atomic E-state index is 0.126. The third-order valence-electron chi connectivity index (χ3n) is 4.51. The first kappa shape index (κ1) is 21.0. The van der Waals surface area contributed by atoms with Crippen molar-refractivity contribution in [3.63, 3.8) is 0 Å². The zero-order valence-electron chi connectivity index (χ0n) is 16.8. The first-order valence-electron chi connectivity index (χ1n) is 9.51. The summed E-state index contributed by atoms with van der Waals surface area (Å²) in [5.74, 6) is 1.23. The van der Waals surface area contributed by atoms with Gasteiger partial charge in [0.15, 0.2) is 11.5 Å². The van der Waals surface area contributed by atoms with Crippen molar-refractivity contribution < 1.29 is 22.7 Å². The van der Waals surface area contributed by atoms with Crippen LogP contribution in [0.4, 0.5) is 5.69 Å². The number of ether oxygens (including phenoxy) is 2. The minimum atomic E-state index is -3.42. The normalized spacial score (nSPS) is 14.8. The highest BCUT2D eigenvalue weighted by atomic mass is 32.2. The fourth-order valence-electron chi connectivity index (χ4n) is 3.17. The standard InChI is InChI=1S/C21H26N2O5S/c1-14(2)20(15-8-9-18-19(13-15)28-11-5-10-27-18)22-21(24)16-6-4-7-17(12-16)23-29(3,25)26/h4,6-9,12-14,20,23H,5,10-11H2,1-3H3,(H,22,24)/t20-/m1/s1. The maximum Gasteiger partial charge on any atom is 0.251 e. The smallest absolute Gasteiger partial charge is 0.251 e. The molecule has 2 aromatic carbocycles. The fraction of sp³-hybridized carbons (Fsp3) is 0.381. The molecule has 2 aromatic rings. The molecule has 2 N–H and O–H groups in total. The Hall–Kier alpha value is -2.74. The maximum atomic E-state index is 12.9. The van der Waals surface area contributed by atoms with Crippen LogP contribution in [0.25, 0.3) is 0 Å². The number of amides is 1. The Morgan fingerprint density at radius 2 is 1.76 bits per heavy atom. The van der Waals surface area contributed by atoms with Gasteiger partial charge >= 0.3 is 0 Å². The Morgan fingerprint density at radius 1 is 1.03 bits per heavy atom. The van der Waals surface area contributed by atoms with E-state index >= 15 is 0 Å². The van der Waals surface area contributed by atoms with E-state index in [1.54, 1.807) is 18.2 Å². The second-order valence-electron chi connectivity index (χ2n) is 7.41. The summed E-state index contributed by atoms with van der Waals surface area (Å²) in [6.07, 6.45) is 1.89. The Kier molecular flexibility index (Phi) is 6.32. The van der Waals surface area contributed by atoms with E-state index in [2.05, 4.69) is 10.0 Å². The lowest BCUT2D eigenvalue weighted by molar-refractivity contribution is 0.0925. The van der Waals surface area contributed by atoms with Gasteiger partial charge in [-0.05, 0) is 41.8 Å². The van der Waals surface area contributed by atoms with Crippen molar-refractivity contribution in [2.75, 3.05) is 24.2 Å². The molecule has 0 radical (unpaired) electrons. The van der Waals surface area contributed by atoms with E-state index in [1.165, 1.54) is 6.07 Å². The quantitative estimate of drug-likeness (QED) is 0.750. The Morgan fingerprint density at radius 3 is 2.45 bits per heavy atom. The zero-order chi connectivity index (χ0) is 21.0. The van der Waals surface area contributed by atoms with Crippen LogP contribution in [0.1, 0.15) is 42.2 Å². The van der Waals surface area contributed by atoms with E-state index in [0.717, 1.165) is 18.2 Å². The predicted molar refractivity (Wildman–Crippen MR) is 112 cm³/mol. The van der Waals surface area contributed by atoms with E-state index < -0.39 is 10.0 Å². The van der Waals surface area contributed by atoms with Crippen molar-refractivity contribution in [2.45, 2.75) is 26.3 Å². The fourth-order valence-corrected chi connectivity index (χ4v) is 3.73. The van der Waals surface area contributed by atoms with Crippen LogP contribution in [0.2, 0.25) is 0 Å². The summed E-state index contributed by atoms with van der Waals surface area (Å²) in [6, 6.07) is 11.9. The molecule has 0 unspecified atom stereocenters.